The van der Waals surface area contributed by atoms with Crippen LogP contribution in [-0.4, -0.2) is 45.9 Å². The van der Waals surface area contributed by atoms with Crippen molar-refractivity contribution < 1.29 is 17.9 Å². The summed E-state index contributed by atoms with van der Waals surface area (Å²) >= 11 is 5.42. The van der Waals surface area contributed by atoms with E-state index in [1.165, 1.54) is 14.2 Å². The molecule has 1 N–H and O–H groups in total. The molecule has 94 valence electrons. The fraction of sp³-hybridized carbons (Fsp3) is 0.625. The standard InChI is InChI=1S/C8H15ClN2O4S/c1-7(9)6-10-16(13,14)11(2)5-4-8(12)15-3/h10H,1,4-6H2,2-3H3. The van der Waals surface area contributed by atoms with Gasteiger partial charge in [-0.05, 0) is 0 Å². The van der Waals surface area contributed by atoms with Crippen molar-refractivity contribution in [1.29, 1.82) is 0 Å². The van der Waals surface area contributed by atoms with E-state index < -0.39 is 16.2 Å². The summed E-state index contributed by atoms with van der Waals surface area (Å²) in [4.78, 5) is 10.8. The Kier molecular flexibility index (Phi) is 6.58. The smallest absolute Gasteiger partial charge is 0.306 e. The molecule has 0 aromatic carbocycles. The van der Waals surface area contributed by atoms with Crippen molar-refractivity contribution in [2.24, 2.45) is 0 Å². The van der Waals surface area contributed by atoms with Crippen LogP contribution in [0, 0.1) is 0 Å². The van der Waals surface area contributed by atoms with Gasteiger partial charge in [0, 0.05) is 25.2 Å². The van der Waals surface area contributed by atoms with Gasteiger partial charge in [0.1, 0.15) is 0 Å². The van der Waals surface area contributed by atoms with Gasteiger partial charge in [0.25, 0.3) is 10.2 Å². The lowest BCUT2D eigenvalue weighted by Gasteiger charge is -2.16. The van der Waals surface area contributed by atoms with E-state index in [1.807, 2.05) is 0 Å². The highest BCUT2D eigenvalue weighted by Gasteiger charge is 2.17. The van der Waals surface area contributed by atoms with E-state index in [2.05, 4.69) is 16.0 Å². The maximum absolute atomic E-state index is 11.5. The number of nitrogens with zero attached hydrogens (tertiary/aromatic N) is 1. The third-order valence-corrected chi connectivity index (χ3v) is 3.36. The Bertz CT molecular complexity index is 355. The average Bonchev–Trinajstić information content (AvgIpc) is 2.22. The molecule has 0 fully saturated rings. The van der Waals surface area contributed by atoms with Crippen LogP contribution in [-0.2, 0) is 19.7 Å². The normalized spacial score (nSPS) is 11.5. The van der Waals surface area contributed by atoms with Crippen molar-refractivity contribution in [1.82, 2.24) is 9.03 Å². The van der Waals surface area contributed by atoms with Crippen LogP contribution in [0.25, 0.3) is 0 Å². The van der Waals surface area contributed by atoms with Gasteiger partial charge in [-0.2, -0.15) is 17.4 Å². The fourth-order valence-electron chi connectivity index (χ4n) is 0.751. The Morgan fingerprint density at radius 3 is 2.56 bits per heavy atom. The molecule has 0 aliphatic rings. The van der Waals surface area contributed by atoms with Crippen molar-refractivity contribution in [3.8, 4) is 0 Å². The van der Waals surface area contributed by atoms with Gasteiger partial charge in [-0.3, -0.25) is 4.79 Å². The monoisotopic (exact) mass is 270 g/mol. The molecule has 0 aliphatic carbocycles. The van der Waals surface area contributed by atoms with E-state index >= 15 is 0 Å². The number of hydrogen-bond acceptors (Lipinski definition) is 4. The average molecular weight is 271 g/mol. The van der Waals surface area contributed by atoms with E-state index in [4.69, 9.17) is 11.6 Å². The number of nitrogens with one attached hydrogen (secondary N) is 1. The van der Waals surface area contributed by atoms with Gasteiger partial charge in [-0.1, -0.05) is 18.2 Å². The van der Waals surface area contributed by atoms with Gasteiger partial charge in [0.2, 0.25) is 0 Å². The highest BCUT2D eigenvalue weighted by Crippen LogP contribution is 1.99. The summed E-state index contributed by atoms with van der Waals surface area (Å²) in [6, 6.07) is 0. The first-order chi connectivity index (χ1) is 7.29. The number of rotatable bonds is 7. The van der Waals surface area contributed by atoms with Gasteiger partial charge < -0.3 is 4.74 Å². The Hall–Kier alpha value is -0.630. The SMILES string of the molecule is C=C(Cl)CNS(=O)(=O)N(C)CCC(=O)OC. The summed E-state index contributed by atoms with van der Waals surface area (Å²) in [7, 11) is -1.04. The minimum atomic E-state index is -3.63. The zero-order chi connectivity index (χ0) is 12.8. The Morgan fingerprint density at radius 1 is 1.56 bits per heavy atom. The van der Waals surface area contributed by atoms with Gasteiger partial charge >= 0.3 is 5.97 Å². The quantitative estimate of drug-likeness (QED) is 0.664. The third-order valence-electron chi connectivity index (χ3n) is 1.72. The van der Waals surface area contributed by atoms with Crippen LogP contribution in [0.4, 0.5) is 0 Å². The van der Waals surface area contributed by atoms with Gasteiger partial charge in [0.05, 0.1) is 13.5 Å². The lowest BCUT2D eigenvalue weighted by Crippen LogP contribution is -2.39. The van der Waals surface area contributed by atoms with E-state index in [1.54, 1.807) is 0 Å². The zero-order valence-electron chi connectivity index (χ0n) is 9.19. The Morgan fingerprint density at radius 2 is 2.12 bits per heavy atom. The van der Waals surface area contributed by atoms with E-state index in [9.17, 15) is 13.2 Å². The summed E-state index contributed by atoms with van der Waals surface area (Å²) in [6.07, 6.45) is -0.00423. The van der Waals surface area contributed by atoms with Crippen molar-refractivity contribution in [2.75, 3.05) is 27.2 Å². The molecule has 0 rings (SSSR count). The van der Waals surface area contributed by atoms with Crippen LogP contribution in [0.3, 0.4) is 0 Å². The van der Waals surface area contributed by atoms with Crippen LogP contribution >= 0.6 is 11.6 Å². The molecular weight excluding hydrogens is 256 g/mol. The molecule has 0 amide bonds. The molecule has 0 radical (unpaired) electrons. The molecular formula is C8H15ClN2O4S. The molecule has 0 aliphatic heterocycles. The first-order valence-corrected chi connectivity index (χ1v) is 6.22. The van der Waals surface area contributed by atoms with Gasteiger partial charge in [-0.25, -0.2) is 0 Å². The number of carbonyl (C=O) groups is 1. The summed E-state index contributed by atoms with van der Waals surface area (Å²) in [5, 5.41) is 0.185. The molecule has 16 heavy (non-hydrogen) atoms. The second-order valence-corrected chi connectivity index (χ2v) is 5.39. The van der Waals surface area contributed by atoms with E-state index in [0.717, 1.165) is 4.31 Å². The summed E-state index contributed by atoms with van der Waals surface area (Å²) in [5.41, 5.74) is 0. The second-order valence-electron chi connectivity index (χ2n) is 2.99. The molecule has 0 aromatic rings. The molecule has 0 atom stereocenters. The van der Waals surface area contributed by atoms with Crippen molar-refractivity contribution in [3.05, 3.63) is 11.6 Å². The zero-order valence-corrected chi connectivity index (χ0v) is 10.8. The van der Waals surface area contributed by atoms with Crippen LogP contribution in [0.5, 0.6) is 0 Å². The van der Waals surface area contributed by atoms with Gasteiger partial charge in [-0.15, -0.1) is 0 Å². The first kappa shape index (κ1) is 15.4. The van der Waals surface area contributed by atoms with Crippen LogP contribution in [0.1, 0.15) is 6.42 Å². The molecule has 8 heteroatoms. The lowest BCUT2D eigenvalue weighted by molar-refractivity contribution is -0.140. The minimum absolute atomic E-state index is 0.00423. The summed E-state index contributed by atoms with van der Waals surface area (Å²) in [6.45, 7) is 3.34. The van der Waals surface area contributed by atoms with Crippen LogP contribution < -0.4 is 4.72 Å². The first-order valence-electron chi connectivity index (χ1n) is 4.40. The predicted octanol–water partition coefficient (Wildman–Crippen LogP) is 0.0682. The number of ether oxygens (including phenoxy) is 1. The number of carbonyl (C=O) groups excluding carboxylic acids is 1. The molecule has 0 saturated carbocycles. The summed E-state index contributed by atoms with van der Waals surface area (Å²) in [5.74, 6) is -0.469. The molecule has 0 spiro atoms. The van der Waals surface area contributed by atoms with E-state index in [0.29, 0.717) is 0 Å². The van der Waals surface area contributed by atoms with Crippen LogP contribution in [0.2, 0.25) is 0 Å². The molecule has 6 nitrogen and oxygen atoms in total. The van der Waals surface area contributed by atoms with Crippen molar-refractivity contribution in [2.45, 2.75) is 6.42 Å². The molecule has 0 heterocycles. The second kappa shape index (κ2) is 6.85. The van der Waals surface area contributed by atoms with Crippen molar-refractivity contribution in [3.63, 3.8) is 0 Å². The Labute approximate surface area is 100 Å². The number of halogens is 1. The Balaban J connectivity index is 4.19. The third kappa shape index (κ3) is 6.06. The molecule has 0 saturated heterocycles. The highest BCUT2D eigenvalue weighted by atomic mass is 35.5. The topological polar surface area (TPSA) is 75.7 Å². The fourth-order valence-corrected chi connectivity index (χ4v) is 1.81. The lowest BCUT2D eigenvalue weighted by atomic mass is 10.4. The largest absolute Gasteiger partial charge is 0.469 e. The number of esters is 1. The number of hydrogen-bond donors (Lipinski definition) is 1. The maximum Gasteiger partial charge on any atom is 0.306 e. The van der Waals surface area contributed by atoms with Crippen molar-refractivity contribution >= 4 is 27.8 Å². The minimum Gasteiger partial charge on any atom is -0.469 e. The number of methoxy groups -OCH3 is 1. The molecule has 0 bridgehead atoms. The van der Waals surface area contributed by atoms with Gasteiger partial charge in [0.15, 0.2) is 0 Å². The highest BCUT2D eigenvalue weighted by molar-refractivity contribution is 7.87. The molecule has 0 aromatic heterocycles. The van der Waals surface area contributed by atoms with Crippen LogP contribution in [0.15, 0.2) is 11.6 Å². The summed E-state index contributed by atoms with van der Waals surface area (Å²) < 4.78 is 30.6. The predicted molar refractivity (Wildman–Crippen MR) is 61.2 cm³/mol. The maximum atomic E-state index is 11.5. The molecule has 0 unspecified atom stereocenters. The van der Waals surface area contributed by atoms with E-state index in [-0.39, 0.29) is 24.5 Å².